The summed E-state index contributed by atoms with van der Waals surface area (Å²) in [6.45, 7) is 8.52. The molecule has 2 aromatic heterocycles. The van der Waals surface area contributed by atoms with Gasteiger partial charge in [0.15, 0.2) is 0 Å². The normalized spacial score (nSPS) is 10.5. The molecule has 1 N–H and O–H groups in total. The van der Waals surface area contributed by atoms with E-state index < -0.39 is 0 Å². The van der Waals surface area contributed by atoms with Gasteiger partial charge in [-0.3, -0.25) is 9.97 Å². The summed E-state index contributed by atoms with van der Waals surface area (Å²) in [6.07, 6.45) is 10.0. The smallest absolute Gasteiger partial charge is 0.121 e. The molecule has 37 heavy (non-hydrogen) atoms. The van der Waals surface area contributed by atoms with Gasteiger partial charge in [0.25, 0.3) is 0 Å². The Kier molecular flexibility index (Phi) is 11.1. The molecule has 3 aromatic carbocycles. The third-order valence-electron chi connectivity index (χ3n) is 6.32. The van der Waals surface area contributed by atoms with E-state index in [9.17, 15) is 5.11 Å². The van der Waals surface area contributed by atoms with E-state index in [1.54, 1.807) is 0 Å². The van der Waals surface area contributed by atoms with Crippen LogP contribution in [0.5, 0.6) is 5.75 Å². The minimum Gasteiger partial charge on any atom is -0.507 e. The third-order valence-corrected chi connectivity index (χ3v) is 6.32. The number of hydrogen-bond donors (Lipinski definition) is 1. The van der Waals surface area contributed by atoms with Crippen LogP contribution in [-0.2, 0) is 6.42 Å². The maximum absolute atomic E-state index is 9.70. The van der Waals surface area contributed by atoms with Crippen LogP contribution in [0.4, 0.5) is 0 Å². The molecule has 0 aliphatic heterocycles. The van der Waals surface area contributed by atoms with Crippen molar-refractivity contribution in [2.24, 2.45) is 5.92 Å². The van der Waals surface area contributed by atoms with Crippen LogP contribution in [0.2, 0.25) is 0 Å². The lowest BCUT2D eigenvalue weighted by atomic mass is 9.99. The van der Waals surface area contributed by atoms with Gasteiger partial charge in [-0.1, -0.05) is 93.8 Å². The fourth-order valence-corrected chi connectivity index (χ4v) is 4.28. The first-order valence-electron chi connectivity index (χ1n) is 13.3. The van der Waals surface area contributed by atoms with Crippen LogP contribution < -0.4 is 0 Å². The molecule has 0 aliphatic rings. The lowest BCUT2D eigenvalue weighted by Gasteiger charge is -2.08. The predicted molar refractivity (Wildman–Crippen MR) is 158 cm³/mol. The Labute approximate surface area is 222 Å². The molecule has 0 saturated heterocycles. The van der Waals surface area contributed by atoms with E-state index in [1.165, 1.54) is 42.0 Å². The Balaban J connectivity index is 0.000000162. The van der Waals surface area contributed by atoms with Crippen LogP contribution in [0.1, 0.15) is 56.2 Å². The Morgan fingerprint density at radius 3 is 1.62 bits per heavy atom. The van der Waals surface area contributed by atoms with Gasteiger partial charge in [0.2, 0.25) is 0 Å². The van der Waals surface area contributed by atoms with E-state index in [-0.39, 0.29) is 0 Å². The van der Waals surface area contributed by atoms with Gasteiger partial charge in [-0.15, -0.1) is 0 Å². The number of phenolic OH excluding ortho intramolecular Hbond substituents is 1. The molecular weight excluding hydrogens is 452 g/mol. The number of pyridine rings is 2. The zero-order valence-corrected chi connectivity index (χ0v) is 22.7. The number of nitrogens with zero attached hydrogens (tertiary/aromatic N) is 2. The minimum absolute atomic E-state index is 0.452. The molecule has 0 aliphatic carbocycles. The molecule has 3 heteroatoms. The van der Waals surface area contributed by atoms with Gasteiger partial charge in [0, 0.05) is 23.2 Å². The lowest BCUT2D eigenvalue weighted by Crippen LogP contribution is -1.91. The number of aryl methyl sites for hydroxylation is 3. The van der Waals surface area contributed by atoms with E-state index in [2.05, 4.69) is 60.2 Å². The van der Waals surface area contributed by atoms with Crippen LogP contribution >= 0.6 is 0 Å². The van der Waals surface area contributed by atoms with E-state index in [0.29, 0.717) is 5.75 Å². The zero-order chi connectivity index (χ0) is 26.5. The number of rotatable bonds is 6. The van der Waals surface area contributed by atoms with Gasteiger partial charge in [0.1, 0.15) is 5.75 Å². The van der Waals surface area contributed by atoms with Crippen LogP contribution in [0.25, 0.3) is 21.8 Å². The molecule has 0 spiro atoms. The van der Waals surface area contributed by atoms with E-state index >= 15 is 0 Å². The number of aromatic hydroxyl groups is 1. The molecular formula is C34H40N2O. The molecule has 5 rings (SSSR count). The summed E-state index contributed by atoms with van der Waals surface area (Å²) in [7, 11) is 0. The average molecular weight is 493 g/mol. The second-order valence-corrected chi connectivity index (χ2v) is 9.96. The van der Waals surface area contributed by atoms with Crippen molar-refractivity contribution < 1.29 is 5.11 Å². The summed E-state index contributed by atoms with van der Waals surface area (Å²) in [5.41, 5.74) is 5.49. The van der Waals surface area contributed by atoms with E-state index in [0.717, 1.165) is 34.5 Å². The quantitative estimate of drug-likeness (QED) is 0.240. The maximum atomic E-state index is 9.70. The summed E-state index contributed by atoms with van der Waals surface area (Å²) in [4.78, 5) is 8.36. The number of fused-ring (bicyclic) bond motifs is 2. The topological polar surface area (TPSA) is 46.0 Å². The fraction of sp³-hybridized carbons (Fsp3) is 0.294. The Bertz CT molecular complexity index is 1150. The standard InChI is InChI=1S/C16H26O.2C9H7N/c1-12(2)8-6-5-7-9-15-10-13(3)16(17)14(4)11-15;2*1-2-6-9-8(4-1)5-3-7-10-9/h10-12,17H,5-9H2,1-4H3;2*1-7H. The highest BCUT2D eigenvalue weighted by Gasteiger charge is 2.03. The summed E-state index contributed by atoms with van der Waals surface area (Å²) in [6, 6.07) is 28.4. The molecule has 3 nitrogen and oxygen atoms in total. The van der Waals surface area contributed by atoms with Gasteiger partial charge >= 0.3 is 0 Å². The molecule has 5 aromatic rings. The number of hydrogen-bond acceptors (Lipinski definition) is 3. The molecule has 0 saturated carbocycles. The number of aromatic nitrogens is 2. The van der Waals surface area contributed by atoms with Crippen molar-refractivity contribution in [3.8, 4) is 5.75 Å². The van der Waals surface area contributed by atoms with Crippen molar-refractivity contribution in [1.29, 1.82) is 0 Å². The Morgan fingerprint density at radius 1 is 0.649 bits per heavy atom. The molecule has 0 fully saturated rings. The summed E-state index contributed by atoms with van der Waals surface area (Å²) >= 11 is 0. The zero-order valence-electron chi connectivity index (χ0n) is 22.7. The van der Waals surface area contributed by atoms with E-state index in [4.69, 9.17) is 0 Å². The summed E-state index contributed by atoms with van der Waals surface area (Å²) in [5, 5.41) is 12.1. The van der Waals surface area contributed by atoms with Gasteiger partial charge in [0.05, 0.1) is 11.0 Å². The lowest BCUT2D eigenvalue weighted by molar-refractivity contribution is 0.466. The molecule has 0 amide bonds. The highest BCUT2D eigenvalue weighted by molar-refractivity contribution is 5.78. The van der Waals surface area contributed by atoms with Crippen molar-refractivity contribution in [3.05, 3.63) is 114 Å². The van der Waals surface area contributed by atoms with Gasteiger partial charge in [-0.05, 0) is 73.6 Å². The van der Waals surface area contributed by atoms with Crippen molar-refractivity contribution in [1.82, 2.24) is 9.97 Å². The maximum Gasteiger partial charge on any atom is 0.121 e. The Morgan fingerprint density at radius 2 is 1.14 bits per heavy atom. The van der Waals surface area contributed by atoms with E-state index in [1.807, 2.05) is 74.8 Å². The minimum atomic E-state index is 0.452. The number of benzene rings is 3. The van der Waals surface area contributed by atoms with Crippen molar-refractivity contribution in [3.63, 3.8) is 0 Å². The Hall–Kier alpha value is -3.72. The second kappa shape index (κ2) is 14.7. The second-order valence-electron chi connectivity index (χ2n) is 9.96. The number of unbranched alkanes of at least 4 members (excludes halogenated alkanes) is 2. The highest BCUT2D eigenvalue weighted by Crippen LogP contribution is 2.24. The SMILES string of the molecule is Cc1cc(CCCCCC(C)C)cc(C)c1O.c1ccc2ncccc2c1.c1ccc2ncccc2c1. The van der Waals surface area contributed by atoms with Crippen LogP contribution in [-0.4, -0.2) is 15.1 Å². The monoisotopic (exact) mass is 492 g/mol. The van der Waals surface area contributed by atoms with Gasteiger partial charge < -0.3 is 5.11 Å². The number of para-hydroxylation sites is 2. The van der Waals surface area contributed by atoms with Crippen molar-refractivity contribution in [2.75, 3.05) is 0 Å². The average Bonchev–Trinajstić information content (AvgIpc) is 2.92. The van der Waals surface area contributed by atoms with Gasteiger partial charge in [-0.2, -0.15) is 0 Å². The van der Waals surface area contributed by atoms with Crippen LogP contribution in [0.15, 0.2) is 97.3 Å². The molecule has 192 valence electrons. The first-order chi connectivity index (χ1) is 17.9. The molecule has 2 heterocycles. The molecule has 0 bridgehead atoms. The fourth-order valence-electron chi connectivity index (χ4n) is 4.28. The predicted octanol–water partition coefficient (Wildman–Crippen LogP) is 9.24. The number of phenols is 1. The first-order valence-corrected chi connectivity index (χ1v) is 13.3. The highest BCUT2D eigenvalue weighted by atomic mass is 16.3. The molecule has 0 atom stereocenters. The van der Waals surface area contributed by atoms with Crippen LogP contribution in [0.3, 0.4) is 0 Å². The molecule has 0 radical (unpaired) electrons. The first kappa shape index (κ1) is 27.9. The largest absolute Gasteiger partial charge is 0.507 e. The van der Waals surface area contributed by atoms with Crippen molar-refractivity contribution in [2.45, 2.75) is 59.8 Å². The van der Waals surface area contributed by atoms with Gasteiger partial charge in [-0.25, -0.2) is 0 Å². The third kappa shape index (κ3) is 9.34. The van der Waals surface area contributed by atoms with Crippen molar-refractivity contribution >= 4 is 21.8 Å². The molecule has 0 unspecified atom stereocenters. The summed E-state index contributed by atoms with van der Waals surface area (Å²) < 4.78 is 0. The summed E-state index contributed by atoms with van der Waals surface area (Å²) in [5.74, 6) is 1.28. The van der Waals surface area contributed by atoms with Crippen LogP contribution in [0, 0.1) is 19.8 Å².